The van der Waals surface area contributed by atoms with Gasteiger partial charge in [0.05, 0.1) is 19.8 Å². The molecule has 1 saturated heterocycles. The fraction of sp³-hybridized carbons (Fsp3) is 0.381. The van der Waals surface area contributed by atoms with E-state index in [0.29, 0.717) is 37.9 Å². The third-order valence-electron chi connectivity index (χ3n) is 4.38. The van der Waals surface area contributed by atoms with Crippen molar-refractivity contribution in [3.05, 3.63) is 57.6 Å². The lowest BCUT2D eigenvalue weighted by atomic mass is 10.1. The van der Waals surface area contributed by atoms with Crippen molar-refractivity contribution in [2.24, 2.45) is 0 Å². The molecule has 4 nitrogen and oxygen atoms in total. The summed E-state index contributed by atoms with van der Waals surface area (Å²) in [6.45, 7) is 8.10. The number of nitrogens with zero attached hydrogens (tertiary/aromatic N) is 1. The summed E-state index contributed by atoms with van der Waals surface area (Å²) in [6, 6.07) is 12.2. The van der Waals surface area contributed by atoms with Crippen LogP contribution in [0.1, 0.15) is 23.6 Å². The van der Waals surface area contributed by atoms with Crippen LogP contribution in [-0.4, -0.2) is 42.8 Å². The van der Waals surface area contributed by atoms with Gasteiger partial charge in [-0.1, -0.05) is 42.0 Å². The van der Waals surface area contributed by atoms with Crippen molar-refractivity contribution in [1.29, 1.82) is 0 Å². The summed E-state index contributed by atoms with van der Waals surface area (Å²) in [5.41, 5.74) is 3.29. The van der Waals surface area contributed by atoms with Crippen molar-refractivity contribution in [3.8, 4) is 11.5 Å². The van der Waals surface area contributed by atoms with E-state index in [1.165, 1.54) is 5.56 Å². The summed E-state index contributed by atoms with van der Waals surface area (Å²) < 4.78 is 18.2. The molecule has 0 aliphatic carbocycles. The second-order valence-electron chi connectivity index (χ2n) is 6.39. The first kappa shape index (κ1) is 20.1. The van der Waals surface area contributed by atoms with Crippen LogP contribution in [0.2, 0.25) is 0 Å². The lowest BCUT2D eigenvalue weighted by Crippen LogP contribution is -2.40. The summed E-state index contributed by atoms with van der Waals surface area (Å²) >= 11 is 9.37. The molecule has 0 atom stereocenters. The molecule has 1 aliphatic heterocycles. The van der Waals surface area contributed by atoms with Crippen molar-refractivity contribution in [2.75, 3.05) is 32.9 Å². The lowest BCUT2D eigenvalue weighted by molar-refractivity contribution is 0.0692. The number of halogens is 1. The molecule has 27 heavy (non-hydrogen) atoms. The molecule has 6 heteroatoms. The van der Waals surface area contributed by atoms with Gasteiger partial charge in [-0.15, -0.1) is 0 Å². The SMILES string of the molecule is CCOc1cc(C(=S)N2CCOCC2)c(Br)cc1OCc1ccc(C)cc1. The zero-order valence-corrected chi connectivity index (χ0v) is 18.1. The van der Waals surface area contributed by atoms with Gasteiger partial charge < -0.3 is 19.1 Å². The highest BCUT2D eigenvalue weighted by molar-refractivity contribution is 9.10. The van der Waals surface area contributed by atoms with Gasteiger partial charge in [0.1, 0.15) is 11.6 Å². The first-order chi connectivity index (χ1) is 13.1. The maximum absolute atomic E-state index is 6.04. The predicted octanol–water partition coefficient (Wildman–Crippen LogP) is 4.74. The van der Waals surface area contributed by atoms with Crippen LogP contribution in [0.3, 0.4) is 0 Å². The van der Waals surface area contributed by atoms with Gasteiger partial charge in [0.25, 0.3) is 0 Å². The minimum Gasteiger partial charge on any atom is -0.490 e. The van der Waals surface area contributed by atoms with Crippen LogP contribution in [0.25, 0.3) is 0 Å². The van der Waals surface area contributed by atoms with E-state index in [4.69, 9.17) is 26.4 Å². The van der Waals surface area contributed by atoms with Gasteiger partial charge in [-0.05, 0) is 47.5 Å². The Bertz CT molecular complexity index is 789. The number of aryl methyl sites for hydroxylation is 1. The highest BCUT2D eigenvalue weighted by atomic mass is 79.9. The summed E-state index contributed by atoms with van der Waals surface area (Å²) in [7, 11) is 0. The van der Waals surface area contributed by atoms with Gasteiger partial charge in [0.2, 0.25) is 0 Å². The number of rotatable bonds is 6. The molecule has 0 bridgehead atoms. The average molecular weight is 450 g/mol. The van der Waals surface area contributed by atoms with E-state index < -0.39 is 0 Å². The number of benzene rings is 2. The van der Waals surface area contributed by atoms with Crippen molar-refractivity contribution in [2.45, 2.75) is 20.5 Å². The van der Waals surface area contributed by atoms with Gasteiger partial charge in [-0.2, -0.15) is 0 Å². The summed E-state index contributed by atoms with van der Waals surface area (Å²) in [4.78, 5) is 2.97. The van der Waals surface area contributed by atoms with Gasteiger partial charge in [-0.25, -0.2) is 0 Å². The Balaban J connectivity index is 1.80. The number of hydrogen-bond acceptors (Lipinski definition) is 4. The molecule has 3 rings (SSSR count). The largest absolute Gasteiger partial charge is 0.490 e. The fourth-order valence-corrected chi connectivity index (χ4v) is 3.86. The standard InChI is InChI=1S/C21H24BrNO3S/c1-3-25-19-12-17(21(27)23-8-10-24-11-9-23)18(22)13-20(19)26-14-16-6-4-15(2)5-7-16/h4-7,12-13H,3,8-11,14H2,1-2H3. The van der Waals surface area contributed by atoms with Crippen molar-refractivity contribution in [1.82, 2.24) is 4.90 Å². The van der Waals surface area contributed by atoms with Crippen LogP contribution < -0.4 is 9.47 Å². The zero-order chi connectivity index (χ0) is 19.2. The Morgan fingerprint density at radius 1 is 1.11 bits per heavy atom. The molecule has 1 fully saturated rings. The van der Waals surface area contributed by atoms with Gasteiger partial charge in [-0.3, -0.25) is 0 Å². The molecule has 0 spiro atoms. The minimum absolute atomic E-state index is 0.486. The van der Waals surface area contributed by atoms with Gasteiger partial charge >= 0.3 is 0 Å². The first-order valence-corrected chi connectivity index (χ1v) is 10.3. The molecule has 1 heterocycles. The molecular weight excluding hydrogens is 426 g/mol. The van der Waals surface area contributed by atoms with E-state index in [-0.39, 0.29) is 0 Å². The molecule has 0 radical (unpaired) electrons. The Morgan fingerprint density at radius 2 is 1.78 bits per heavy atom. The third kappa shape index (κ3) is 5.21. The molecule has 2 aromatic rings. The Kier molecular flexibility index (Phi) is 7.10. The van der Waals surface area contributed by atoms with E-state index in [1.807, 2.05) is 19.1 Å². The number of ether oxygens (including phenoxy) is 3. The minimum atomic E-state index is 0.486. The third-order valence-corrected chi connectivity index (χ3v) is 5.51. The normalized spacial score (nSPS) is 14.1. The van der Waals surface area contributed by atoms with Crippen molar-refractivity contribution >= 4 is 33.1 Å². The number of thiocarbonyl (C=S) groups is 1. The summed E-state index contributed by atoms with van der Waals surface area (Å²) in [5, 5.41) is 0. The van der Waals surface area contributed by atoms with E-state index in [9.17, 15) is 0 Å². The van der Waals surface area contributed by atoms with Crippen LogP contribution in [0, 0.1) is 6.92 Å². The first-order valence-electron chi connectivity index (χ1n) is 9.10. The number of morpholine rings is 1. The quantitative estimate of drug-likeness (QED) is 0.594. The smallest absolute Gasteiger partial charge is 0.162 e. The van der Waals surface area contributed by atoms with Crippen molar-refractivity contribution < 1.29 is 14.2 Å². The zero-order valence-electron chi connectivity index (χ0n) is 15.7. The lowest BCUT2D eigenvalue weighted by Gasteiger charge is -2.30. The monoisotopic (exact) mass is 449 g/mol. The van der Waals surface area contributed by atoms with Crippen LogP contribution >= 0.6 is 28.1 Å². The van der Waals surface area contributed by atoms with Crippen molar-refractivity contribution in [3.63, 3.8) is 0 Å². The molecule has 0 aromatic heterocycles. The highest BCUT2D eigenvalue weighted by Gasteiger charge is 2.20. The Labute approximate surface area is 174 Å². The molecule has 0 N–H and O–H groups in total. The van der Waals surface area contributed by atoms with Crippen LogP contribution in [0.4, 0.5) is 0 Å². The predicted molar refractivity (Wildman–Crippen MR) is 115 cm³/mol. The van der Waals surface area contributed by atoms with Gasteiger partial charge in [0, 0.05) is 23.1 Å². The Morgan fingerprint density at radius 3 is 2.44 bits per heavy atom. The fourth-order valence-electron chi connectivity index (χ4n) is 2.86. The molecular formula is C21H24BrNO3S. The summed E-state index contributed by atoms with van der Waals surface area (Å²) in [6.07, 6.45) is 0. The molecule has 2 aromatic carbocycles. The second kappa shape index (κ2) is 9.53. The molecule has 0 unspecified atom stereocenters. The van der Waals surface area contributed by atoms with Crippen LogP contribution in [0.15, 0.2) is 40.9 Å². The van der Waals surface area contributed by atoms with E-state index in [2.05, 4.69) is 52.0 Å². The van der Waals surface area contributed by atoms with E-state index in [1.54, 1.807) is 0 Å². The molecule has 0 amide bonds. The topological polar surface area (TPSA) is 30.9 Å². The number of hydrogen-bond donors (Lipinski definition) is 0. The molecule has 1 aliphatic rings. The maximum atomic E-state index is 6.04. The maximum Gasteiger partial charge on any atom is 0.162 e. The highest BCUT2D eigenvalue weighted by Crippen LogP contribution is 2.35. The van der Waals surface area contributed by atoms with Crippen LogP contribution in [-0.2, 0) is 11.3 Å². The van der Waals surface area contributed by atoms with Crippen LogP contribution in [0.5, 0.6) is 11.5 Å². The molecule has 0 saturated carbocycles. The van der Waals surface area contributed by atoms with Gasteiger partial charge in [0.15, 0.2) is 11.5 Å². The van der Waals surface area contributed by atoms with E-state index >= 15 is 0 Å². The van der Waals surface area contributed by atoms with E-state index in [0.717, 1.165) is 33.7 Å². The summed E-state index contributed by atoms with van der Waals surface area (Å²) in [5.74, 6) is 1.41. The Hall–Kier alpha value is -1.63. The average Bonchev–Trinajstić information content (AvgIpc) is 2.69. The molecule has 144 valence electrons. The second-order valence-corrected chi connectivity index (χ2v) is 7.63.